The predicted octanol–water partition coefficient (Wildman–Crippen LogP) is 7.36. The van der Waals surface area contributed by atoms with Crippen molar-refractivity contribution in [3.63, 3.8) is 0 Å². The van der Waals surface area contributed by atoms with E-state index < -0.39 is 0 Å². The molecule has 0 radical (unpaired) electrons. The van der Waals surface area contributed by atoms with Crippen LogP contribution in [0.2, 0.25) is 10.0 Å². The van der Waals surface area contributed by atoms with Gasteiger partial charge in [-0.2, -0.15) is 5.26 Å². The molecule has 0 aliphatic rings. The van der Waals surface area contributed by atoms with E-state index >= 15 is 0 Å². The minimum atomic E-state index is 0.478. The van der Waals surface area contributed by atoms with Gasteiger partial charge in [-0.25, -0.2) is 4.98 Å². The number of ether oxygens (including phenoxy) is 1. The molecule has 0 atom stereocenters. The van der Waals surface area contributed by atoms with Gasteiger partial charge in [-0.3, -0.25) is 0 Å². The summed E-state index contributed by atoms with van der Waals surface area (Å²) in [6.45, 7) is 2.85. The number of thiazole rings is 1. The van der Waals surface area contributed by atoms with E-state index in [1.165, 1.54) is 11.3 Å². The number of halogens is 2. The molecule has 0 N–H and O–H groups in total. The zero-order valence-corrected chi connectivity index (χ0v) is 17.6. The molecule has 0 saturated heterocycles. The summed E-state index contributed by atoms with van der Waals surface area (Å²) in [6.07, 6.45) is 3.96. The number of unbranched alkanes of at least 4 members (excludes halogenated alkanes) is 1. The Morgan fingerprint density at radius 3 is 2.64 bits per heavy atom. The second-order valence-corrected chi connectivity index (χ2v) is 7.78. The van der Waals surface area contributed by atoms with Gasteiger partial charge in [0.05, 0.1) is 27.9 Å². The van der Waals surface area contributed by atoms with Crippen LogP contribution in [0, 0.1) is 11.3 Å². The Morgan fingerprint density at radius 1 is 1.18 bits per heavy atom. The quantitative estimate of drug-likeness (QED) is 0.291. The third kappa shape index (κ3) is 5.14. The molecule has 142 valence electrons. The Morgan fingerprint density at radius 2 is 1.96 bits per heavy atom. The van der Waals surface area contributed by atoms with E-state index in [2.05, 4.69) is 18.0 Å². The van der Waals surface area contributed by atoms with Gasteiger partial charge >= 0.3 is 0 Å². The average Bonchev–Trinajstić information content (AvgIpc) is 3.19. The van der Waals surface area contributed by atoms with E-state index in [1.807, 2.05) is 41.8 Å². The maximum absolute atomic E-state index is 9.58. The summed E-state index contributed by atoms with van der Waals surface area (Å²) in [7, 11) is 0. The maximum Gasteiger partial charge on any atom is 0.134 e. The van der Waals surface area contributed by atoms with Crippen LogP contribution in [-0.2, 0) is 0 Å². The zero-order chi connectivity index (χ0) is 19.9. The van der Waals surface area contributed by atoms with Gasteiger partial charge in [-0.05, 0) is 42.3 Å². The van der Waals surface area contributed by atoms with Crippen molar-refractivity contribution in [2.24, 2.45) is 0 Å². The topological polar surface area (TPSA) is 45.9 Å². The number of benzene rings is 2. The Hall–Kier alpha value is -2.32. The average molecular weight is 429 g/mol. The minimum absolute atomic E-state index is 0.478. The van der Waals surface area contributed by atoms with Gasteiger partial charge in [-0.1, -0.05) is 54.7 Å². The lowest BCUT2D eigenvalue weighted by Gasteiger charge is -2.05. The molecule has 2 aromatic carbocycles. The molecule has 0 spiro atoms. The Balaban J connectivity index is 1.79. The number of nitriles is 1. The molecule has 0 aliphatic carbocycles. The number of aromatic nitrogens is 1. The molecule has 0 aliphatic heterocycles. The maximum atomic E-state index is 9.58. The van der Waals surface area contributed by atoms with Gasteiger partial charge in [0.15, 0.2) is 0 Å². The van der Waals surface area contributed by atoms with Crippen molar-refractivity contribution in [3.05, 3.63) is 68.5 Å². The summed E-state index contributed by atoms with van der Waals surface area (Å²) >= 11 is 13.5. The smallest absolute Gasteiger partial charge is 0.134 e. The summed E-state index contributed by atoms with van der Waals surface area (Å²) in [5.74, 6) is 0.834. The summed E-state index contributed by atoms with van der Waals surface area (Å²) in [6, 6.07) is 15.3. The molecule has 1 heterocycles. The highest BCUT2D eigenvalue weighted by atomic mass is 35.5. The highest BCUT2D eigenvalue weighted by Crippen LogP contribution is 2.31. The predicted molar refractivity (Wildman–Crippen MR) is 118 cm³/mol. The van der Waals surface area contributed by atoms with Gasteiger partial charge in [-0.15, -0.1) is 11.3 Å². The largest absolute Gasteiger partial charge is 0.494 e. The number of nitrogens with zero attached hydrogens (tertiary/aromatic N) is 2. The van der Waals surface area contributed by atoms with Crippen molar-refractivity contribution in [1.82, 2.24) is 4.98 Å². The third-order valence-electron chi connectivity index (χ3n) is 4.03. The number of hydrogen-bond acceptors (Lipinski definition) is 4. The van der Waals surface area contributed by atoms with Crippen LogP contribution < -0.4 is 4.74 Å². The Labute approximate surface area is 178 Å². The molecule has 0 unspecified atom stereocenters. The van der Waals surface area contributed by atoms with Crippen molar-refractivity contribution in [3.8, 4) is 23.1 Å². The SMILES string of the molecule is CCCCOc1ccc(/C=C(/C#N)c2nc(-c3ccc(Cl)c(Cl)c3)cs2)cc1. The summed E-state index contributed by atoms with van der Waals surface area (Å²) < 4.78 is 5.67. The fourth-order valence-electron chi connectivity index (χ4n) is 2.49. The second kappa shape index (κ2) is 9.75. The van der Waals surface area contributed by atoms with Crippen LogP contribution in [0.1, 0.15) is 30.3 Å². The Bertz CT molecular complexity index is 1020. The first-order valence-corrected chi connectivity index (χ1v) is 10.5. The lowest BCUT2D eigenvalue weighted by molar-refractivity contribution is 0.309. The van der Waals surface area contributed by atoms with Gasteiger partial charge < -0.3 is 4.74 Å². The minimum Gasteiger partial charge on any atom is -0.494 e. The normalized spacial score (nSPS) is 11.3. The number of rotatable bonds is 7. The van der Waals surface area contributed by atoms with E-state index in [4.69, 9.17) is 27.9 Å². The molecular formula is C22H18Cl2N2OS. The first kappa shape index (κ1) is 20.4. The van der Waals surface area contributed by atoms with Crippen LogP contribution in [0.25, 0.3) is 22.9 Å². The van der Waals surface area contributed by atoms with Crippen molar-refractivity contribution in [1.29, 1.82) is 5.26 Å². The van der Waals surface area contributed by atoms with Crippen LogP contribution in [0.4, 0.5) is 0 Å². The molecular weight excluding hydrogens is 411 g/mol. The fourth-order valence-corrected chi connectivity index (χ4v) is 3.58. The molecule has 3 aromatic rings. The molecule has 0 saturated carbocycles. The second-order valence-electron chi connectivity index (χ2n) is 6.11. The summed E-state index contributed by atoms with van der Waals surface area (Å²) in [4.78, 5) is 4.59. The van der Waals surface area contributed by atoms with E-state index in [0.29, 0.717) is 27.2 Å². The van der Waals surface area contributed by atoms with Crippen molar-refractivity contribution < 1.29 is 4.74 Å². The standard InChI is InChI=1S/C22H18Cl2N2OS/c1-2-3-10-27-18-7-4-15(5-8-18)11-17(13-25)22-26-21(14-28-22)16-6-9-19(23)20(24)12-16/h4-9,11-12,14H,2-3,10H2,1H3/b17-11-. The van der Waals surface area contributed by atoms with Crippen LogP contribution in [0.15, 0.2) is 47.8 Å². The van der Waals surface area contributed by atoms with Gasteiger partial charge in [0.1, 0.15) is 16.8 Å². The highest BCUT2D eigenvalue weighted by Gasteiger charge is 2.10. The highest BCUT2D eigenvalue weighted by molar-refractivity contribution is 7.11. The van der Waals surface area contributed by atoms with E-state index in [0.717, 1.165) is 35.4 Å². The van der Waals surface area contributed by atoms with Crippen LogP contribution in [0.5, 0.6) is 5.75 Å². The summed E-state index contributed by atoms with van der Waals surface area (Å²) in [5.41, 5.74) is 3.06. The lowest BCUT2D eigenvalue weighted by atomic mass is 10.1. The van der Waals surface area contributed by atoms with Crippen LogP contribution in [-0.4, -0.2) is 11.6 Å². The molecule has 6 heteroatoms. The van der Waals surface area contributed by atoms with Gasteiger partial charge in [0.2, 0.25) is 0 Å². The van der Waals surface area contributed by atoms with Gasteiger partial charge in [0.25, 0.3) is 0 Å². The first-order valence-electron chi connectivity index (χ1n) is 8.86. The summed E-state index contributed by atoms with van der Waals surface area (Å²) in [5, 5.41) is 13.1. The van der Waals surface area contributed by atoms with Crippen molar-refractivity contribution in [2.45, 2.75) is 19.8 Å². The zero-order valence-electron chi connectivity index (χ0n) is 15.3. The van der Waals surface area contributed by atoms with Crippen molar-refractivity contribution >= 4 is 46.2 Å². The van der Waals surface area contributed by atoms with Crippen LogP contribution >= 0.6 is 34.5 Å². The third-order valence-corrected chi connectivity index (χ3v) is 5.64. The molecule has 0 bridgehead atoms. The number of allylic oxidation sites excluding steroid dienone is 1. The van der Waals surface area contributed by atoms with E-state index in [-0.39, 0.29) is 0 Å². The van der Waals surface area contributed by atoms with E-state index in [1.54, 1.807) is 12.1 Å². The molecule has 3 rings (SSSR count). The molecule has 0 amide bonds. The van der Waals surface area contributed by atoms with Gasteiger partial charge in [0, 0.05) is 10.9 Å². The Kier molecular flexibility index (Phi) is 7.11. The molecule has 3 nitrogen and oxygen atoms in total. The monoisotopic (exact) mass is 428 g/mol. The first-order chi connectivity index (χ1) is 13.6. The van der Waals surface area contributed by atoms with Crippen LogP contribution in [0.3, 0.4) is 0 Å². The lowest BCUT2D eigenvalue weighted by Crippen LogP contribution is -1.95. The molecule has 1 aromatic heterocycles. The van der Waals surface area contributed by atoms with Crippen molar-refractivity contribution in [2.75, 3.05) is 6.61 Å². The molecule has 28 heavy (non-hydrogen) atoms. The fraction of sp³-hybridized carbons (Fsp3) is 0.182. The molecule has 0 fully saturated rings. The van der Waals surface area contributed by atoms with E-state index in [9.17, 15) is 5.26 Å². The number of hydrogen-bond donors (Lipinski definition) is 0.